The highest BCUT2D eigenvalue weighted by atomic mass is 16.6. The van der Waals surface area contributed by atoms with Crippen LogP contribution in [0.15, 0.2) is 23.8 Å². The minimum absolute atomic E-state index is 0.260. The molecule has 0 aromatic rings. The molecule has 5 atom stereocenters. The van der Waals surface area contributed by atoms with Crippen molar-refractivity contribution in [1.82, 2.24) is 0 Å². The Morgan fingerprint density at radius 3 is 2.79 bits per heavy atom. The van der Waals surface area contributed by atoms with Gasteiger partial charge in [-0.3, -0.25) is 4.79 Å². The second-order valence-electron chi connectivity index (χ2n) is 5.76. The molecule has 1 aliphatic carbocycles. The number of carbonyl (C=O) groups is 1. The van der Waals surface area contributed by atoms with Crippen LogP contribution in [0.4, 0.5) is 0 Å². The molecule has 1 heterocycles. The van der Waals surface area contributed by atoms with E-state index in [1.165, 1.54) is 0 Å². The molecule has 0 spiro atoms. The van der Waals surface area contributed by atoms with Crippen molar-refractivity contribution in [3.8, 4) is 0 Å². The Balaban J connectivity index is 2.30. The summed E-state index contributed by atoms with van der Waals surface area (Å²) in [6, 6.07) is 0. The lowest BCUT2D eigenvalue weighted by molar-refractivity contribution is -0.142. The molecular weight excluding hydrogens is 244 g/mol. The molecule has 1 fully saturated rings. The van der Waals surface area contributed by atoms with E-state index in [9.17, 15) is 15.0 Å². The van der Waals surface area contributed by atoms with E-state index in [0.29, 0.717) is 18.4 Å². The molecule has 0 saturated carbocycles. The summed E-state index contributed by atoms with van der Waals surface area (Å²) in [5, 5.41) is 20.3. The number of aliphatic hydroxyl groups excluding tert-OH is 2. The van der Waals surface area contributed by atoms with Crippen LogP contribution in [0.5, 0.6) is 0 Å². The van der Waals surface area contributed by atoms with Crippen LogP contribution in [0.3, 0.4) is 0 Å². The van der Waals surface area contributed by atoms with Crippen LogP contribution in [-0.4, -0.2) is 34.5 Å². The molecule has 0 unspecified atom stereocenters. The first-order chi connectivity index (χ1) is 8.90. The van der Waals surface area contributed by atoms with Crippen LogP contribution < -0.4 is 0 Å². The Hall–Kier alpha value is -1.13. The first kappa shape index (κ1) is 14.3. The van der Waals surface area contributed by atoms with Gasteiger partial charge in [0, 0.05) is 5.92 Å². The minimum atomic E-state index is -0.712. The Kier molecular flexibility index (Phi) is 4.11. The average molecular weight is 266 g/mol. The van der Waals surface area contributed by atoms with Crippen molar-refractivity contribution in [2.75, 3.05) is 0 Å². The van der Waals surface area contributed by atoms with E-state index < -0.39 is 12.2 Å². The van der Waals surface area contributed by atoms with E-state index in [0.717, 1.165) is 12.0 Å². The summed E-state index contributed by atoms with van der Waals surface area (Å²) < 4.78 is 5.34. The van der Waals surface area contributed by atoms with Crippen LogP contribution in [-0.2, 0) is 9.53 Å². The summed E-state index contributed by atoms with van der Waals surface area (Å²) in [7, 11) is 0. The summed E-state index contributed by atoms with van der Waals surface area (Å²) in [6.07, 6.45) is 1.89. The number of ether oxygens (including phenoxy) is 1. The van der Waals surface area contributed by atoms with Crippen LogP contribution in [0.25, 0.3) is 0 Å². The topological polar surface area (TPSA) is 66.8 Å². The third-order valence-electron chi connectivity index (χ3n) is 4.23. The number of esters is 1. The van der Waals surface area contributed by atoms with Gasteiger partial charge >= 0.3 is 5.97 Å². The molecule has 0 aromatic carbocycles. The highest BCUT2D eigenvalue weighted by Crippen LogP contribution is 2.36. The monoisotopic (exact) mass is 266 g/mol. The highest BCUT2D eigenvalue weighted by molar-refractivity contribution is 5.75. The third kappa shape index (κ3) is 2.90. The predicted molar refractivity (Wildman–Crippen MR) is 71.3 cm³/mol. The predicted octanol–water partition coefficient (Wildman–Crippen LogP) is 1.57. The maximum absolute atomic E-state index is 11.7. The molecule has 4 nitrogen and oxygen atoms in total. The zero-order chi connectivity index (χ0) is 14.2. The van der Waals surface area contributed by atoms with E-state index in [1.54, 1.807) is 6.92 Å². The van der Waals surface area contributed by atoms with Gasteiger partial charge in [0.15, 0.2) is 0 Å². The molecule has 19 heavy (non-hydrogen) atoms. The molecule has 2 aliphatic rings. The van der Waals surface area contributed by atoms with Gasteiger partial charge in [0.1, 0.15) is 6.10 Å². The van der Waals surface area contributed by atoms with E-state index in [2.05, 4.69) is 6.58 Å². The van der Waals surface area contributed by atoms with Crippen LogP contribution in [0.1, 0.15) is 33.1 Å². The molecule has 0 amide bonds. The average Bonchev–Trinajstić information content (AvgIpc) is 2.60. The van der Waals surface area contributed by atoms with Crippen molar-refractivity contribution in [2.24, 2.45) is 11.8 Å². The zero-order valence-electron chi connectivity index (χ0n) is 11.5. The highest BCUT2D eigenvalue weighted by Gasteiger charge is 2.45. The normalized spacial score (nSPS) is 43.2. The SMILES string of the molecule is C=C1C[C@@H](O)[C@H]2[C@H](/C=C(/C)CC[C@H]1O)OC(=O)[C@@H]2C. The van der Waals surface area contributed by atoms with Gasteiger partial charge in [-0.05, 0) is 37.8 Å². The summed E-state index contributed by atoms with van der Waals surface area (Å²) in [4.78, 5) is 11.7. The fourth-order valence-electron chi connectivity index (χ4n) is 2.93. The van der Waals surface area contributed by atoms with Crippen molar-refractivity contribution >= 4 is 5.97 Å². The maximum Gasteiger partial charge on any atom is 0.309 e. The van der Waals surface area contributed by atoms with Crippen LogP contribution in [0.2, 0.25) is 0 Å². The third-order valence-corrected chi connectivity index (χ3v) is 4.23. The largest absolute Gasteiger partial charge is 0.457 e. The van der Waals surface area contributed by atoms with Gasteiger partial charge in [-0.2, -0.15) is 0 Å². The molecule has 1 saturated heterocycles. The molecule has 0 bridgehead atoms. The van der Waals surface area contributed by atoms with Gasteiger partial charge < -0.3 is 14.9 Å². The number of carbonyl (C=O) groups excluding carboxylic acids is 1. The lowest BCUT2D eigenvalue weighted by Crippen LogP contribution is -2.33. The van der Waals surface area contributed by atoms with E-state index >= 15 is 0 Å². The molecule has 2 N–H and O–H groups in total. The van der Waals surface area contributed by atoms with Crippen molar-refractivity contribution < 1.29 is 19.7 Å². The Labute approximate surface area is 113 Å². The molecule has 0 aromatic heterocycles. The number of fused-ring (bicyclic) bond motifs is 1. The fourth-order valence-corrected chi connectivity index (χ4v) is 2.93. The van der Waals surface area contributed by atoms with E-state index in [-0.39, 0.29) is 23.9 Å². The van der Waals surface area contributed by atoms with Crippen molar-refractivity contribution in [2.45, 2.75) is 51.4 Å². The maximum atomic E-state index is 11.7. The van der Waals surface area contributed by atoms with Crippen LogP contribution in [0, 0.1) is 11.8 Å². The van der Waals surface area contributed by atoms with E-state index in [1.807, 2.05) is 13.0 Å². The number of hydrogen-bond acceptors (Lipinski definition) is 4. The number of hydrogen-bond donors (Lipinski definition) is 2. The van der Waals surface area contributed by atoms with Crippen molar-refractivity contribution in [3.63, 3.8) is 0 Å². The quantitative estimate of drug-likeness (QED) is 0.516. The standard InChI is InChI=1S/C15H22O4/c1-8-4-5-11(16)9(2)7-12(17)14-10(3)15(18)19-13(14)6-8/h6,10-14,16-17H,2,4-5,7H2,1,3H3/b8-6-/t10-,11-,12-,13+,14+/m1/s1. The molecule has 4 heteroatoms. The summed E-state index contributed by atoms with van der Waals surface area (Å²) in [6.45, 7) is 7.59. The lowest BCUT2D eigenvalue weighted by atomic mass is 9.81. The number of rotatable bonds is 0. The van der Waals surface area contributed by atoms with Crippen molar-refractivity contribution in [3.05, 3.63) is 23.8 Å². The molecular formula is C15H22O4. The van der Waals surface area contributed by atoms with Crippen LogP contribution >= 0.6 is 0 Å². The molecule has 2 rings (SSSR count). The molecule has 1 aliphatic heterocycles. The summed E-state index contributed by atoms with van der Waals surface area (Å²) >= 11 is 0. The first-order valence-corrected chi connectivity index (χ1v) is 6.81. The Morgan fingerprint density at radius 2 is 2.11 bits per heavy atom. The smallest absolute Gasteiger partial charge is 0.309 e. The van der Waals surface area contributed by atoms with E-state index in [4.69, 9.17) is 4.74 Å². The van der Waals surface area contributed by atoms with Gasteiger partial charge in [-0.1, -0.05) is 19.1 Å². The summed E-state index contributed by atoms with van der Waals surface area (Å²) in [5.74, 6) is -0.846. The Bertz CT molecular complexity index is 412. The number of allylic oxidation sites excluding steroid dienone is 1. The lowest BCUT2D eigenvalue weighted by Gasteiger charge is -2.27. The van der Waals surface area contributed by atoms with Gasteiger partial charge in [0.25, 0.3) is 0 Å². The van der Waals surface area contributed by atoms with Crippen molar-refractivity contribution in [1.29, 1.82) is 0 Å². The number of aliphatic hydroxyl groups is 2. The zero-order valence-corrected chi connectivity index (χ0v) is 11.5. The first-order valence-electron chi connectivity index (χ1n) is 6.81. The van der Waals surface area contributed by atoms with Gasteiger partial charge in [-0.25, -0.2) is 0 Å². The molecule has 106 valence electrons. The molecule has 0 radical (unpaired) electrons. The minimum Gasteiger partial charge on any atom is -0.457 e. The van der Waals surface area contributed by atoms with Gasteiger partial charge in [0.2, 0.25) is 0 Å². The second-order valence-corrected chi connectivity index (χ2v) is 5.76. The van der Waals surface area contributed by atoms with Gasteiger partial charge in [-0.15, -0.1) is 0 Å². The second kappa shape index (κ2) is 5.47. The van der Waals surface area contributed by atoms with Gasteiger partial charge in [0.05, 0.1) is 18.1 Å². The summed E-state index contributed by atoms with van der Waals surface area (Å²) in [5.41, 5.74) is 1.70. The fraction of sp³-hybridized carbons (Fsp3) is 0.667. The Morgan fingerprint density at radius 1 is 1.42 bits per heavy atom.